The van der Waals surface area contributed by atoms with Gasteiger partial charge in [0.2, 0.25) is 0 Å². The van der Waals surface area contributed by atoms with Gasteiger partial charge >= 0.3 is 5.97 Å². The lowest BCUT2D eigenvalue weighted by Crippen LogP contribution is -2.14. The zero-order chi connectivity index (χ0) is 26.0. The summed E-state index contributed by atoms with van der Waals surface area (Å²) in [7, 11) is 0. The Balaban J connectivity index is 1.42. The molecule has 2 N–H and O–H groups in total. The molecule has 0 amide bonds. The Hall–Kier alpha value is -4.66. The van der Waals surface area contributed by atoms with Crippen molar-refractivity contribution >= 4 is 5.97 Å². The zero-order valence-electron chi connectivity index (χ0n) is 20.9. The highest BCUT2D eigenvalue weighted by Gasteiger charge is 2.22. The number of benzene rings is 3. The van der Waals surface area contributed by atoms with Gasteiger partial charge in [-0.05, 0) is 44.8 Å². The fourth-order valence-electron chi connectivity index (χ4n) is 4.07. The van der Waals surface area contributed by atoms with E-state index in [9.17, 15) is 9.90 Å². The molecule has 5 rings (SSSR count). The number of aromatic amines is 1. The number of H-pyrrole nitrogens is 1. The van der Waals surface area contributed by atoms with Gasteiger partial charge in [0, 0.05) is 17.4 Å². The van der Waals surface area contributed by atoms with Gasteiger partial charge in [0.1, 0.15) is 5.82 Å². The minimum Gasteiger partial charge on any atom is -0.478 e. The van der Waals surface area contributed by atoms with E-state index in [0.717, 1.165) is 39.5 Å². The largest absolute Gasteiger partial charge is 0.478 e. The van der Waals surface area contributed by atoms with Gasteiger partial charge in [-0.2, -0.15) is 5.10 Å². The van der Waals surface area contributed by atoms with E-state index in [0.29, 0.717) is 18.8 Å². The number of nitrogens with one attached hydrogen (secondary N) is 1. The van der Waals surface area contributed by atoms with Crippen LogP contribution >= 0.6 is 0 Å². The van der Waals surface area contributed by atoms with Gasteiger partial charge in [0.05, 0.1) is 12.1 Å². The lowest BCUT2D eigenvalue weighted by atomic mass is 9.96. The molecule has 0 unspecified atom stereocenters. The number of carboxylic acid groups (broad SMARTS) is 1. The quantitative estimate of drug-likeness (QED) is 0.335. The Morgan fingerprint density at radius 1 is 0.919 bits per heavy atom. The van der Waals surface area contributed by atoms with E-state index in [1.165, 1.54) is 0 Å². The van der Waals surface area contributed by atoms with Crippen molar-refractivity contribution in [1.82, 2.24) is 35.4 Å². The van der Waals surface area contributed by atoms with Crippen LogP contribution in [0.15, 0.2) is 72.8 Å². The molecular formula is C28H27N7O2. The van der Waals surface area contributed by atoms with E-state index in [1.807, 2.05) is 41.1 Å². The van der Waals surface area contributed by atoms with Crippen molar-refractivity contribution in [2.45, 2.75) is 39.2 Å². The third-order valence-electron chi connectivity index (χ3n) is 6.11. The van der Waals surface area contributed by atoms with Crippen LogP contribution < -0.4 is 0 Å². The lowest BCUT2D eigenvalue weighted by Gasteiger charge is -2.12. The number of carbonyl (C=O) groups is 1. The van der Waals surface area contributed by atoms with Crippen LogP contribution in [0.2, 0.25) is 0 Å². The van der Waals surface area contributed by atoms with E-state index in [4.69, 9.17) is 10.1 Å². The topological polar surface area (TPSA) is 122 Å². The van der Waals surface area contributed by atoms with Crippen LogP contribution in [0.5, 0.6) is 0 Å². The van der Waals surface area contributed by atoms with Gasteiger partial charge in [0.25, 0.3) is 0 Å². The summed E-state index contributed by atoms with van der Waals surface area (Å²) in [5.41, 5.74) is 5.17. The second-order valence-corrected chi connectivity index (χ2v) is 9.93. The first kappa shape index (κ1) is 24.1. The maximum absolute atomic E-state index is 11.2. The maximum Gasteiger partial charge on any atom is 0.335 e. The van der Waals surface area contributed by atoms with Crippen LogP contribution in [0.1, 0.15) is 53.9 Å². The van der Waals surface area contributed by atoms with E-state index in [2.05, 4.69) is 65.7 Å². The molecule has 9 heteroatoms. The van der Waals surface area contributed by atoms with E-state index in [1.54, 1.807) is 12.1 Å². The van der Waals surface area contributed by atoms with Gasteiger partial charge in [-0.15, -0.1) is 5.10 Å². The standard InChI is InChI=1S/C28H27N7O2/c1-28(2,3)27-29-24(16-18-8-14-21(15-9-18)26(36)37)35(32-27)17-19-10-12-20(13-11-19)22-6-4-5-7-23(22)25-30-33-34-31-25/h4-15H,16-17H2,1-3H3,(H,36,37)(H,30,31,33,34). The Bertz CT molecular complexity index is 1510. The number of hydrogen-bond acceptors (Lipinski definition) is 6. The first-order valence-electron chi connectivity index (χ1n) is 12.0. The highest BCUT2D eigenvalue weighted by atomic mass is 16.4. The summed E-state index contributed by atoms with van der Waals surface area (Å²) >= 11 is 0. The van der Waals surface area contributed by atoms with Gasteiger partial charge in [-0.1, -0.05) is 81.4 Å². The first-order chi connectivity index (χ1) is 17.8. The van der Waals surface area contributed by atoms with Crippen LogP contribution in [0.4, 0.5) is 0 Å². The molecule has 0 aliphatic carbocycles. The molecule has 0 saturated heterocycles. The molecule has 0 aliphatic rings. The smallest absolute Gasteiger partial charge is 0.335 e. The summed E-state index contributed by atoms with van der Waals surface area (Å²) in [6.07, 6.45) is 0.555. The summed E-state index contributed by atoms with van der Waals surface area (Å²) in [5, 5.41) is 28.3. The monoisotopic (exact) mass is 493 g/mol. The number of carboxylic acids is 1. The number of rotatable bonds is 7. The van der Waals surface area contributed by atoms with E-state index in [-0.39, 0.29) is 11.0 Å². The SMILES string of the molecule is CC(C)(C)c1nc(Cc2ccc(C(=O)O)cc2)n(Cc2ccc(-c3ccccc3-c3nnn[nH]3)cc2)n1. The predicted octanol–water partition coefficient (Wildman–Crippen LogP) is 4.76. The zero-order valence-corrected chi connectivity index (χ0v) is 20.9. The summed E-state index contributed by atoms with van der Waals surface area (Å²) in [5.74, 6) is 1.29. The lowest BCUT2D eigenvalue weighted by molar-refractivity contribution is 0.0697. The van der Waals surface area contributed by atoms with Gasteiger partial charge in [-0.25, -0.2) is 19.6 Å². The molecule has 0 spiro atoms. The molecule has 0 fully saturated rings. The predicted molar refractivity (Wildman–Crippen MR) is 139 cm³/mol. The minimum absolute atomic E-state index is 0.198. The summed E-state index contributed by atoms with van der Waals surface area (Å²) in [6, 6.07) is 23.3. The summed E-state index contributed by atoms with van der Waals surface area (Å²) in [6.45, 7) is 6.84. The van der Waals surface area contributed by atoms with Crippen LogP contribution in [0.25, 0.3) is 22.5 Å². The average Bonchev–Trinajstić information content (AvgIpc) is 3.56. The molecule has 2 heterocycles. The number of hydrogen-bond donors (Lipinski definition) is 2. The highest BCUT2D eigenvalue weighted by Crippen LogP contribution is 2.30. The third-order valence-corrected chi connectivity index (χ3v) is 6.11. The average molecular weight is 494 g/mol. The number of tetrazole rings is 1. The van der Waals surface area contributed by atoms with Crippen molar-refractivity contribution < 1.29 is 9.90 Å². The Morgan fingerprint density at radius 2 is 1.59 bits per heavy atom. The fourth-order valence-corrected chi connectivity index (χ4v) is 4.07. The highest BCUT2D eigenvalue weighted by molar-refractivity contribution is 5.87. The first-order valence-corrected chi connectivity index (χ1v) is 12.0. The summed E-state index contributed by atoms with van der Waals surface area (Å²) in [4.78, 5) is 16.0. The third kappa shape index (κ3) is 5.30. The second kappa shape index (κ2) is 9.77. The maximum atomic E-state index is 11.2. The molecule has 0 atom stereocenters. The normalized spacial score (nSPS) is 11.5. The molecule has 186 valence electrons. The van der Waals surface area contributed by atoms with E-state index < -0.39 is 5.97 Å². The molecule has 0 radical (unpaired) electrons. The van der Waals surface area contributed by atoms with Gasteiger partial charge < -0.3 is 5.11 Å². The molecule has 37 heavy (non-hydrogen) atoms. The van der Waals surface area contributed by atoms with Crippen molar-refractivity contribution in [3.63, 3.8) is 0 Å². The molecule has 5 aromatic rings. The minimum atomic E-state index is -0.937. The number of aromatic nitrogens is 7. The number of aromatic carboxylic acids is 1. The molecular weight excluding hydrogens is 466 g/mol. The Kier molecular flexibility index (Phi) is 6.35. The molecule has 2 aromatic heterocycles. The molecule has 9 nitrogen and oxygen atoms in total. The summed E-state index contributed by atoms with van der Waals surface area (Å²) < 4.78 is 1.94. The Morgan fingerprint density at radius 3 is 2.22 bits per heavy atom. The van der Waals surface area contributed by atoms with E-state index >= 15 is 0 Å². The molecule has 0 bridgehead atoms. The molecule has 0 aliphatic heterocycles. The van der Waals surface area contributed by atoms with Crippen LogP contribution in [0, 0.1) is 0 Å². The second-order valence-electron chi connectivity index (χ2n) is 9.93. The van der Waals surface area contributed by atoms with Gasteiger partial charge in [0.15, 0.2) is 11.6 Å². The molecule has 3 aromatic carbocycles. The number of nitrogens with zero attached hydrogens (tertiary/aromatic N) is 6. The van der Waals surface area contributed by atoms with Crippen molar-refractivity contribution in [3.05, 3.63) is 101 Å². The van der Waals surface area contributed by atoms with Crippen molar-refractivity contribution in [2.75, 3.05) is 0 Å². The Labute approximate surface area is 214 Å². The van der Waals surface area contributed by atoms with Crippen LogP contribution in [-0.2, 0) is 18.4 Å². The van der Waals surface area contributed by atoms with Crippen molar-refractivity contribution in [2.24, 2.45) is 0 Å². The molecule has 0 saturated carbocycles. The van der Waals surface area contributed by atoms with Crippen molar-refractivity contribution in [3.8, 4) is 22.5 Å². The van der Waals surface area contributed by atoms with Gasteiger partial charge in [-0.3, -0.25) is 0 Å². The van der Waals surface area contributed by atoms with Crippen molar-refractivity contribution in [1.29, 1.82) is 0 Å². The van der Waals surface area contributed by atoms with Crippen LogP contribution in [-0.4, -0.2) is 46.5 Å². The fraction of sp³-hybridized carbons (Fsp3) is 0.214. The van der Waals surface area contributed by atoms with Crippen LogP contribution in [0.3, 0.4) is 0 Å².